The molecule has 0 aliphatic rings. The van der Waals surface area contributed by atoms with Crippen molar-refractivity contribution < 1.29 is 18.7 Å². The lowest BCUT2D eigenvalue weighted by Gasteiger charge is -2.09. The number of nitrogens with zero attached hydrogens (tertiary/aromatic N) is 2. The Morgan fingerprint density at radius 2 is 2.04 bits per heavy atom. The Morgan fingerprint density at radius 1 is 1.24 bits per heavy atom. The van der Waals surface area contributed by atoms with E-state index in [2.05, 4.69) is 15.5 Å². The summed E-state index contributed by atoms with van der Waals surface area (Å²) in [5.74, 6) is 1.20. The molecule has 7 nitrogen and oxygen atoms in total. The molecule has 3 aromatic rings. The van der Waals surface area contributed by atoms with Gasteiger partial charge in [0.05, 0.1) is 12.1 Å². The second-order valence-corrected chi connectivity index (χ2v) is 5.36. The molecule has 0 saturated heterocycles. The highest BCUT2D eigenvalue weighted by atomic mass is 35.5. The number of carbonyl (C=O) groups excluding carboxylic acids is 1. The Hall–Kier alpha value is -3.06. The minimum atomic E-state index is -0.304. The lowest BCUT2D eigenvalue weighted by Crippen LogP contribution is -2.20. The van der Waals surface area contributed by atoms with E-state index in [-0.39, 0.29) is 12.5 Å². The number of hydrogen-bond acceptors (Lipinski definition) is 6. The van der Waals surface area contributed by atoms with Gasteiger partial charge in [0.15, 0.2) is 6.61 Å². The number of carbonyl (C=O) groups is 1. The SMILES string of the molecule is COc1ccc(NC(=O)COc2ccc(-c3nnco3)cc2)cc1Cl. The van der Waals surface area contributed by atoms with Crippen LogP contribution in [-0.2, 0) is 4.79 Å². The minimum absolute atomic E-state index is 0.135. The zero-order valence-corrected chi connectivity index (χ0v) is 14.0. The predicted octanol–water partition coefficient (Wildman–Crippen LogP) is 3.42. The molecule has 8 heteroatoms. The van der Waals surface area contributed by atoms with Crippen LogP contribution in [0.1, 0.15) is 0 Å². The molecule has 0 spiro atoms. The largest absolute Gasteiger partial charge is 0.495 e. The molecule has 25 heavy (non-hydrogen) atoms. The average Bonchev–Trinajstić information content (AvgIpc) is 3.15. The van der Waals surface area contributed by atoms with Gasteiger partial charge < -0.3 is 19.2 Å². The third-order valence-electron chi connectivity index (χ3n) is 3.27. The van der Waals surface area contributed by atoms with Crippen LogP contribution >= 0.6 is 11.6 Å². The molecule has 1 aromatic heterocycles. The molecule has 0 atom stereocenters. The number of nitrogens with one attached hydrogen (secondary N) is 1. The highest BCUT2D eigenvalue weighted by Crippen LogP contribution is 2.27. The van der Waals surface area contributed by atoms with Gasteiger partial charge in [-0.05, 0) is 42.5 Å². The molecule has 0 radical (unpaired) electrons. The maximum atomic E-state index is 12.0. The normalized spacial score (nSPS) is 10.3. The van der Waals surface area contributed by atoms with Crippen molar-refractivity contribution in [2.24, 2.45) is 0 Å². The van der Waals surface area contributed by atoms with Crippen LogP contribution in [-0.4, -0.2) is 29.8 Å². The Bertz CT molecular complexity index is 851. The van der Waals surface area contributed by atoms with Crippen LogP contribution in [0.5, 0.6) is 11.5 Å². The summed E-state index contributed by atoms with van der Waals surface area (Å²) in [5, 5.41) is 10.6. The number of hydrogen-bond donors (Lipinski definition) is 1. The summed E-state index contributed by atoms with van der Waals surface area (Å²) in [6, 6.07) is 12.0. The third kappa shape index (κ3) is 4.27. The lowest BCUT2D eigenvalue weighted by atomic mass is 10.2. The first-order chi connectivity index (χ1) is 12.2. The number of ether oxygens (including phenoxy) is 2. The molecule has 0 unspecified atom stereocenters. The van der Waals surface area contributed by atoms with Crippen molar-refractivity contribution >= 4 is 23.2 Å². The summed E-state index contributed by atoms with van der Waals surface area (Å²) in [4.78, 5) is 12.0. The molecule has 1 heterocycles. The van der Waals surface area contributed by atoms with Crippen LogP contribution in [0.4, 0.5) is 5.69 Å². The summed E-state index contributed by atoms with van der Waals surface area (Å²) in [5.41, 5.74) is 1.33. The number of aromatic nitrogens is 2. The summed E-state index contributed by atoms with van der Waals surface area (Å²) >= 11 is 6.02. The van der Waals surface area contributed by atoms with Gasteiger partial charge in [-0.3, -0.25) is 4.79 Å². The number of amides is 1. The third-order valence-corrected chi connectivity index (χ3v) is 3.56. The molecule has 128 valence electrons. The fraction of sp³-hybridized carbons (Fsp3) is 0.118. The minimum Gasteiger partial charge on any atom is -0.495 e. The van der Waals surface area contributed by atoms with E-state index in [1.54, 1.807) is 42.5 Å². The summed E-state index contributed by atoms with van der Waals surface area (Å²) < 4.78 is 15.6. The topological polar surface area (TPSA) is 86.5 Å². The first kappa shape index (κ1) is 16.8. The fourth-order valence-electron chi connectivity index (χ4n) is 2.08. The molecule has 0 bridgehead atoms. The number of anilines is 1. The molecular formula is C17H14ClN3O4. The monoisotopic (exact) mass is 359 g/mol. The van der Waals surface area contributed by atoms with E-state index in [0.29, 0.717) is 28.1 Å². The van der Waals surface area contributed by atoms with Crippen molar-refractivity contribution in [2.75, 3.05) is 19.0 Å². The number of halogens is 1. The van der Waals surface area contributed by atoms with Gasteiger partial charge in [0.1, 0.15) is 11.5 Å². The van der Waals surface area contributed by atoms with Crippen molar-refractivity contribution in [2.45, 2.75) is 0 Å². The quantitative estimate of drug-likeness (QED) is 0.725. The van der Waals surface area contributed by atoms with Gasteiger partial charge in [-0.2, -0.15) is 0 Å². The van der Waals surface area contributed by atoms with E-state index in [4.69, 9.17) is 25.5 Å². The van der Waals surface area contributed by atoms with Crippen molar-refractivity contribution in [1.29, 1.82) is 0 Å². The van der Waals surface area contributed by atoms with Gasteiger partial charge in [0, 0.05) is 11.3 Å². The molecule has 0 saturated carbocycles. The molecule has 2 aromatic carbocycles. The zero-order chi connectivity index (χ0) is 17.6. The molecule has 3 rings (SSSR count). The molecule has 1 amide bonds. The van der Waals surface area contributed by atoms with Crippen LogP contribution in [0, 0.1) is 0 Å². The Balaban J connectivity index is 1.54. The maximum absolute atomic E-state index is 12.0. The van der Waals surface area contributed by atoms with E-state index in [1.807, 2.05) is 0 Å². The molecule has 1 N–H and O–H groups in total. The molecule has 0 aliphatic carbocycles. The average molecular weight is 360 g/mol. The maximum Gasteiger partial charge on any atom is 0.262 e. The van der Waals surface area contributed by atoms with Crippen LogP contribution in [0.3, 0.4) is 0 Å². The van der Waals surface area contributed by atoms with Crippen molar-refractivity contribution in [3.8, 4) is 23.0 Å². The van der Waals surface area contributed by atoms with Crippen LogP contribution < -0.4 is 14.8 Å². The second kappa shape index (κ2) is 7.67. The van der Waals surface area contributed by atoms with Gasteiger partial charge in [-0.25, -0.2) is 0 Å². The highest BCUT2D eigenvalue weighted by molar-refractivity contribution is 6.32. The van der Waals surface area contributed by atoms with E-state index in [9.17, 15) is 4.79 Å². The highest BCUT2D eigenvalue weighted by Gasteiger charge is 2.08. The molecular weight excluding hydrogens is 346 g/mol. The van der Waals surface area contributed by atoms with Gasteiger partial charge >= 0.3 is 0 Å². The van der Waals surface area contributed by atoms with Crippen molar-refractivity contribution in [1.82, 2.24) is 10.2 Å². The van der Waals surface area contributed by atoms with E-state index < -0.39 is 0 Å². The predicted molar refractivity (Wildman–Crippen MR) is 91.9 cm³/mol. The van der Waals surface area contributed by atoms with Gasteiger partial charge in [0.2, 0.25) is 12.3 Å². The fourth-order valence-corrected chi connectivity index (χ4v) is 2.34. The standard InChI is InChI=1S/C17H14ClN3O4/c1-23-15-7-4-12(8-14(15)18)20-16(22)9-24-13-5-2-11(3-6-13)17-21-19-10-25-17/h2-8,10H,9H2,1H3,(H,20,22). The smallest absolute Gasteiger partial charge is 0.262 e. The van der Waals surface area contributed by atoms with E-state index in [0.717, 1.165) is 5.56 Å². The number of methoxy groups -OCH3 is 1. The first-order valence-corrected chi connectivity index (χ1v) is 7.66. The molecule has 0 fully saturated rings. The Labute approximate surface area is 148 Å². The molecule has 0 aliphatic heterocycles. The summed E-state index contributed by atoms with van der Waals surface area (Å²) in [7, 11) is 1.52. The second-order valence-electron chi connectivity index (χ2n) is 4.95. The van der Waals surface area contributed by atoms with Crippen LogP contribution in [0.2, 0.25) is 5.02 Å². The van der Waals surface area contributed by atoms with Gasteiger partial charge in [-0.15, -0.1) is 10.2 Å². The Kier molecular flexibility index (Phi) is 5.15. The van der Waals surface area contributed by atoms with Gasteiger partial charge in [0.25, 0.3) is 5.91 Å². The summed E-state index contributed by atoms with van der Waals surface area (Å²) in [6.07, 6.45) is 1.26. The summed E-state index contributed by atoms with van der Waals surface area (Å²) in [6.45, 7) is -0.135. The Morgan fingerprint density at radius 3 is 2.68 bits per heavy atom. The van der Waals surface area contributed by atoms with Gasteiger partial charge in [-0.1, -0.05) is 11.6 Å². The number of rotatable bonds is 6. The zero-order valence-electron chi connectivity index (χ0n) is 13.2. The van der Waals surface area contributed by atoms with E-state index in [1.165, 1.54) is 13.5 Å². The first-order valence-electron chi connectivity index (χ1n) is 7.28. The lowest BCUT2D eigenvalue weighted by molar-refractivity contribution is -0.118. The van der Waals surface area contributed by atoms with Crippen LogP contribution in [0.25, 0.3) is 11.5 Å². The number of benzene rings is 2. The van der Waals surface area contributed by atoms with Crippen molar-refractivity contribution in [3.05, 3.63) is 53.9 Å². The van der Waals surface area contributed by atoms with E-state index >= 15 is 0 Å². The van der Waals surface area contributed by atoms with Crippen molar-refractivity contribution in [3.63, 3.8) is 0 Å². The van der Waals surface area contributed by atoms with Crippen LogP contribution in [0.15, 0.2) is 53.3 Å².